The molecule has 0 saturated carbocycles. The third-order valence-electron chi connectivity index (χ3n) is 6.19. The number of hydrogen-bond acceptors (Lipinski definition) is 3. The lowest BCUT2D eigenvalue weighted by Gasteiger charge is -2.20. The van der Waals surface area contributed by atoms with Crippen LogP contribution >= 0.6 is 11.6 Å². The lowest BCUT2D eigenvalue weighted by atomic mass is 9.98. The Morgan fingerprint density at radius 3 is 2.19 bits per heavy atom. The maximum absolute atomic E-state index is 13.8. The summed E-state index contributed by atoms with van der Waals surface area (Å²) in [5.41, 5.74) is 4.92. The number of rotatable bonds is 8. The minimum Gasteiger partial charge on any atom is -0.497 e. The Kier molecular flexibility index (Phi) is 7.33. The number of hydrogen-bond donors (Lipinski definition) is 1. The van der Waals surface area contributed by atoms with Crippen LogP contribution in [-0.4, -0.2) is 22.8 Å². The molecule has 37 heavy (non-hydrogen) atoms. The molecule has 0 aliphatic rings. The Morgan fingerprint density at radius 2 is 1.54 bits per heavy atom. The Balaban J connectivity index is 1.52. The number of ether oxygens (including phenoxy) is 1. The molecule has 0 spiro atoms. The Bertz CT molecular complexity index is 1470. The Hall–Kier alpha value is -4.35. The summed E-state index contributed by atoms with van der Waals surface area (Å²) in [5.74, 6) is 0.539. The second-order valence-corrected chi connectivity index (χ2v) is 9.09. The van der Waals surface area contributed by atoms with Gasteiger partial charge >= 0.3 is 0 Å². The summed E-state index contributed by atoms with van der Waals surface area (Å²) in [7, 11) is 1.63. The number of aromatic nitrogens is 2. The Labute approximate surface area is 221 Å². The van der Waals surface area contributed by atoms with Crippen molar-refractivity contribution >= 4 is 17.5 Å². The molecule has 0 fully saturated rings. The van der Waals surface area contributed by atoms with Crippen molar-refractivity contribution in [3.63, 3.8) is 0 Å². The molecule has 0 aliphatic carbocycles. The van der Waals surface area contributed by atoms with Crippen LogP contribution in [0.1, 0.15) is 27.7 Å². The largest absolute Gasteiger partial charge is 0.497 e. The highest BCUT2D eigenvalue weighted by molar-refractivity contribution is 6.30. The first-order valence-electron chi connectivity index (χ1n) is 12.0. The topological polar surface area (TPSA) is 56.1 Å². The van der Waals surface area contributed by atoms with Crippen LogP contribution < -0.4 is 10.1 Å². The van der Waals surface area contributed by atoms with Gasteiger partial charge in [-0.25, -0.2) is 4.68 Å². The molecule has 0 aliphatic heterocycles. The Morgan fingerprint density at radius 1 is 0.892 bits per heavy atom. The number of benzene rings is 4. The molecule has 1 N–H and O–H groups in total. The van der Waals surface area contributed by atoms with E-state index in [2.05, 4.69) is 17.4 Å². The molecular weight excluding hydrogens is 482 g/mol. The minimum atomic E-state index is -0.216. The van der Waals surface area contributed by atoms with Crippen LogP contribution in [0.2, 0.25) is 5.02 Å². The van der Waals surface area contributed by atoms with E-state index in [-0.39, 0.29) is 11.9 Å². The second kappa shape index (κ2) is 11.1. The first-order valence-corrected chi connectivity index (χ1v) is 12.4. The average Bonchev–Trinajstić information content (AvgIpc) is 3.40. The van der Waals surface area contributed by atoms with E-state index in [9.17, 15) is 4.79 Å². The van der Waals surface area contributed by atoms with Crippen LogP contribution in [-0.2, 0) is 6.42 Å². The van der Waals surface area contributed by atoms with Crippen LogP contribution in [0.5, 0.6) is 5.75 Å². The number of nitrogens with one attached hydrogen (secondary N) is 1. The van der Waals surface area contributed by atoms with E-state index in [0.29, 0.717) is 22.8 Å². The zero-order valence-electron chi connectivity index (χ0n) is 20.3. The maximum Gasteiger partial charge on any atom is 0.270 e. The van der Waals surface area contributed by atoms with Crippen molar-refractivity contribution in [3.8, 4) is 22.7 Å². The molecule has 1 unspecified atom stereocenters. The van der Waals surface area contributed by atoms with Gasteiger partial charge in [-0.1, -0.05) is 72.3 Å². The van der Waals surface area contributed by atoms with Crippen molar-refractivity contribution in [2.45, 2.75) is 12.5 Å². The van der Waals surface area contributed by atoms with Crippen molar-refractivity contribution in [3.05, 3.63) is 137 Å². The van der Waals surface area contributed by atoms with Crippen molar-refractivity contribution in [1.29, 1.82) is 0 Å². The fourth-order valence-electron chi connectivity index (χ4n) is 4.24. The van der Waals surface area contributed by atoms with Crippen LogP contribution in [0, 0.1) is 0 Å². The standard InChI is InChI=1S/C31H26ClN3O2/c1-37-27-18-12-24(13-19-27)29-21-30(35(34-29)26-16-14-25(32)15-17-26)31(36)33-28(23-10-6-3-7-11-23)20-22-8-4-2-5-9-22/h2-19,21,28H,20H2,1H3,(H,33,36). The van der Waals surface area contributed by atoms with Gasteiger partial charge < -0.3 is 10.1 Å². The lowest BCUT2D eigenvalue weighted by molar-refractivity contribution is 0.0928. The molecule has 1 heterocycles. The number of amides is 1. The van der Waals surface area contributed by atoms with Gasteiger partial charge in [0.15, 0.2) is 0 Å². The summed E-state index contributed by atoms with van der Waals surface area (Å²) in [4.78, 5) is 13.8. The molecule has 0 saturated heterocycles. The van der Waals surface area contributed by atoms with E-state index in [4.69, 9.17) is 21.4 Å². The van der Waals surface area contributed by atoms with E-state index in [1.54, 1.807) is 23.9 Å². The molecule has 1 aromatic heterocycles. The highest BCUT2D eigenvalue weighted by Gasteiger charge is 2.22. The van der Waals surface area contributed by atoms with E-state index in [1.807, 2.05) is 91.0 Å². The van der Waals surface area contributed by atoms with Gasteiger partial charge in [0.2, 0.25) is 0 Å². The zero-order valence-corrected chi connectivity index (χ0v) is 21.1. The average molecular weight is 508 g/mol. The minimum absolute atomic E-state index is 0.214. The van der Waals surface area contributed by atoms with Gasteiger partial charge in [-0.2, -0.15) is 5.10 Å². The fourth-order valence-corrected chi connectivity index (χ4v) is 4.37. The van der Waals surface area contributed by atoms with Gasteiger partial charge in [-0.15, -0.1) is 0 Å². The summed E-state index contributed by atoms with van der Waals surface area (Å²) in [6.07, 6.45) is 0.664. The normalized spacial score (nSPS) is 11.6. The van der Waals surface area contributed by atoms with Crippen LogP contribution in [0.15, 0.2) is 115 Å². The fraction of sp³-hybridized carbons (Fsp3) is 0.0968. The highest BCUT2D eigenvalue weighted by atomic mass is 35.5. The quantitative estimate of drug-likeness (QED) is 0.248. The van der Waals surface area contributed by atoms with Crippen molar-refractivity contribution in [2.75, 3.05) is 7.11 Å². The molecule has 5 aromatic rings. The monoisotopic (exact) mass is 507 g/mol. The molecular formula is C31H26ClN3O2. The smallest absolute Gasteiger partial charge is 0.270 e. The number of methoxy groups -OCH3 is 1. The van der Waals surface area contributed by atoms with E-state index >= 15 is 0 Å². The second-order valence-electron chi connectivity index (χ2n) is 8.66. The zero-order chi connectivity index (χ0) is 25.6. The van der Waals surface area contributed by atoms with Gasteiger partial charge in [-0.05, 0) is 72.1 Å². The van der Waals surface area contributed by atoms with E-state index in [1.165, 1.54) is 0 Å². The summed E-state index contributed by atoms with van der Waals surface area (Å²) in [5, 5.41) is 8.66. The summed E-state index contributed by atoms with van der Waals surface area (Å²) in [6, 6.07) is 36.7. The van der Waals surface area contributed by atoms with Crippen LogP contribution in [0.3, 0.4) is 0 Å². The van der Waals surface area contributed by atoms with E-state index in [0.717, 1.165) is 28.1 Å². The van der Waals surface area contributed by atoms with Gasteiger partial charge in [-0.3, -0.25) is 4.79 Å². The molecule has 0 radical (unpaired) electrons. The van der Waals surface area contributed by atoms with E-state index < -0.39 is 0 Å². The molecule has 0 bridgehead atoms. The SMILES string of the molecule is COc1ccc(-c2cc(C(=O)NC(Cc3ccccc3)c3ccccc3)n(-c3ccc(Cl)cc3)n2)cc1. The summed E-state index contributed by atoms with van der Waals surface area (Å²) in [6.45, 7) is 0. The van der Waals surface area contributed by atoms with Gasteiger partial charge in [0.05, 0.1) is 24.5 Å². The molecule has 5 rings (SSSR count). The third kappa shape index (κ3) is 5.74. The van der Waals surface area contributed by atoms with Crippen LogP contribution in [0.4, 0.5) is 0 Å². The summed E-state index contributed by atoms with van der Waals surface area (Å²) >= 11 is 6.12. The molecule has 6 heteroatoms. The van der Waals surface area contributed by atoms with Gasteiger partial charge in [0.25, 0.3) is 5.91 Å². The van der Waals surface area contributed by atoms with Gasteiger partial charge in [0, 0.05) is 10.6 Å². The van der Waals surface area contributed by atoms with Gasteiger partial charge in [0.1, 0.15) is 11.4 Å². The number of carbonyl (C=O) groups is 1. The molecule has 4 aromatic carbocycles. The predicted octanol–water partition coefficient (Wildman–Crippen LogP) is 6.92. The molecule has 184 valence electrons. The first-order chi connectivity index (χ1) is 18.1. The third-order valence-corrected chi connectivity index (χ3v) is 6.44. The predicted molar refractivity (Wildman–Crippen MR) is 147 cm³/mol. The number of halogens is 1. The number of carbonyl (C=O) groups excluding carboxylic acids is 1. The van der Waals surface area contributed by atoms with Crippen molar-refractivity contribution in [2.24, 2.45) is 0 Å². The maximum atomic E-state index is 13.8. The lowest BCUT2D eigenvalue weighted by Crippen LogP contribution is -2.31. The first kappa shape index (κ1) is 24.3. The molecule has 5 nitrogen and oxygen atoms in total. The summed E-state index contributed by atoms with van der Waals surface area (Å²) < 4.78 is 6.95. The molecule has 1 amide bonds. The van der Waals surface area contributed by atoms with Crippen molar-refractivity contribution < 1.29 is 9.53 Å². The molecule has 1 atom stereocenters. The van der Waals surface area contributed by atoms with Crippen molar-refractivity contribution in [1.82, 2.24) is 15.1 Å². The highest BCUT2D eigenvalue weighted by Crippen LogP contribution is 2.26. The number of nitrogens with zero attached hydrogens (tertiary/aromatic N) is 2. The van der Waals surface area contributed by atoms with Crippen LogP contribution in [0.25, 0.3) is 16.9 Å².